The summed E-state index contributed by atoms with van der Waals surface area (Å²) < 4.78 is 5.70. The van der Waals surface area contributed by atoms with E-state index in [0.717, 1.165) is 38.1 Å². The highest BCUT2D eigenvalue weighted by molar-refractivity contribution is 4.95. The Morgan fingerprint density at radius 2 is 2.09 bits per heavy atom. The largest absolute Gasteiger partial charge is 0.379 e. The van der Waals surface area contributed by atoms with Gasteiger partial charge in [0.05, 0.1) is 13.2 Å². The van der Waals surface area contributed by atoms with Gasteiger partial charge in [-0.05, 0) is 57.9 Å². The van der Waals surface area contributed by atoms with Gasteiger partial charge in [0, 0.05) is 37.3 Å². The SMILES string of the molecule is CC1CCCN(C(C)(C)CNC2CCCC2C2COCCN2)C1. The fourth-order valence-corrected chi connectivity index (χ4v) is 4.82. The summed E-state index contributed by atoms with van der Waals surface area (Å²) in [5.41, 5.74) is 0.262. The summed E-state index contributed by atoms with van der Waals surface area (Å²) in [6.07, 6.45) is 6.80. The van der Waals surface area contributed by atoms with Crippen LogP contribution < -0.4 is 10.6 Å². The molecule has 0 bridgehead atoms. The second kappa shape index (κ2) is 7.81. The molecule has 4 unspecified atom stereocenters. The van der Waals surface area contributed by atoms with Gasteiger partial charge < -0.3 is 15.4 Å². The van der Waals surface area contributed by atoms with Gasteiger partial charge in [0.1, 0.15) is 0 Å². The third-order valence-electron chi connectivity index (χ3n) is 6.35. The Hall–Kier alpha value is -0.160. The summed E-state index contributed by atoms with van der Waals surface area (Å²) in [6, 6.07) is 1.22. The van der Waals surface area contributed by atoms with E-state index >= 15 is 0 Å². The Kier molecular flexibility index (Phi) is 6.00. The molecule has 2 aliphatic heterocycles. The zero-order valence-corrected chi connectivity index (χ0v) is 15.4. The molecular weight excluding hydrogens is 286 g/mol. The minimum Gasteiger partial charge on any atom is -0.379 e. The van der Waals surface area contributed by atoms with Crippen molar-refractivity contribution in [1.82, 2.24) is 15.5 Å². The van der Waals surface area contributed by atoms with Crippen LogP contribution in [0.2, 0.25) is 0 Å². The average Bonchev–Trinajstić information content (AvgIpc) is 3.02. The molecule has 0 aromatic rings. The molecule has 3 fully saturated rings. The molecule has 0 radical (unpaired) electrons. The van der Waals surface area contributed by atoms with Crippen molar-refractivity contribution >= 4 is 0 Å². The van der Waals surface area contributed by atoms with E-state index in [1.807, 2.05) is 0 Å². The van der Waals surface area contributed by atoms with Gasteiger partial charge in [-0.1, -0.05) is 13.3 Å². The number of hydrogen-bond donors (Lipinski definition) is 2. The Morgan fingerprint density at radius 1 is 1.22 bits per heavy atom. The van der Waals surface area contributed by atoms with Crippen LogP contribution in [0.1, 0.15) is 52.9 Å². The summed E-state index contributed by atoms with van der Waals surface area (Å²) in [7, 11) is 0. The van der Waals surface area contributed by atoms with E-state index in [-0.39, 0.29) is 5.54 Å². The highest BCUT2D eigenvalue weighted by Crippen LogP contribution is 2.30. The van der Waals surface area contributed by atoms with Crippen LogP contribution in [-0.4, -0.2) is 61.9 Å². The Labute approximate surface area is 142 Å². The molecule has 3 rings (SSSR count). The first-order valence-corrected chi connectivity index (χ1v) is 9.86. The van der Waals surface area contributed by atoms with Crippen molar-refractivity contribution in [2.45, 2.75) is 70.5 Å². The Bertz CT molecular complexity index is 368. The molecule has 2 saturated heterocycles. The number of morpholine rings is 1. The van der Waals surface area contributed by atoms with Crippen LogP contribution in [-0.2, 0) is 4.74 Å². The van der Waals surface area contributed by atoms with Gasteiger partial charge in [0.15, 0.2) is 0 Å². The number of ether oxygens (including phenoxy) is 1. The number of nitrogens with one attached hydrogen (secondary N) is 2. The first kappa shape index (κ1) is 17.7. The average molecular weight is 324 g/mol. The molecule has 134 valence electrons. The molecule has 0 aromatic carbocycles. The fourth-order valence-electron chi connectivity index (χ4n) is 4.82. The molecule has 1 aliphatic carbocycles. The molecule has 0 spiro atoms. The van der Waals surface area contributed by atoms with Gasteiger partial charge in [-0.15, -0.1) is 0 Å². The molecule has 0 amide bonds. The number of piperidine rings is 1. The first-order chi connectivity index (χ1) is 11.1. The molecule has 4 nitrogen and oxygen atoms in total. The monoisotopic (exact) mass is 323 g/mol. The molecule has 2 N–H and O–H groups in total. The predicted octanol–water partition coefficient (Wildman–Crippen LogP) is 2.24. The quantitative estimate of drug-likeness (QED) is 0.814. The van der Waals surface area contributed by atoms with Crippen molar-refractivity contribution in [3.63, 3.8) is 0 Å². The smallest absolute Gasteiger partial charge is 0.0623 e. The predicted molar refractivity (Wildman–Crippen MR) is 95.8 cm³/mol. The van der Waals surface area contributed by atoms with Crippen molar-refractivity contribution in [3.8, 4) is 0 Å². The lowest BCUT2D eigenvalue weighted by Gasteiger charge is -2.44. The van der Waals surface area contributed by atoms with Gasteiger partial charge in [0.2, 0.25) is 0 Å². The van der Waals surface area contributed by atoms with Crippen molar-refractivity contribution in [3.05, 3.63) is 0 Å². The summed E-state index contributed by atoms with van der Waals surface area (Å²) in [4.78, 5) is 2.71. The third-order valence-corrected chi connectivity index (χ3v) is 6.35. The van der Waals surface area contributed by atoms with Crippen LogP contribution >= 0.6 is 0 Å². The normalized spacial score (nSPS) is 37.2. The third kappa shape index (κ3) is 4.47. The van der Waals surface area contributed by atoms with Crippen molar-refractivity contribution in [2.24, 2.45) is 11.8 Å². The molecule has 3 aliphatic rings. The Morgan fingerprint density at radius 3 is 2.83 bits per heavy atom. The summed E-state index contributed by atoms with van der Waals surface area (Å²) in [6.45, 7) is 13.7. The van der Waals surface area contributed by atoms with Gasteiger partial charge in [-0.25, -0.2) is 0 Å². The number of rotatable bonds is 5. The second-order valence-corrected chi connectivity index (χ2v) is 8.72. The number of nitrogens with zero attached hydrogens (tertiary/aromatic N) is 1. The van der Waals surface area contributed by atoms with E-state index in [4.69, 9.17) is 4.74 Å². The molecule has 23 heavy (non-hydrogen) atoms. The lowest BCUT2D eigenvalue weighted by molar-refractivity contribution is 0.0464. The van der Waals surface area contributed by atoms with Crippen LogP contribution in [0, 0.1) is 11.8 Å². The van der Waals surface area contributed by atoms with Crippen LogP contribution in [0.4, 0.5) is 0 Å². The summed E-state index contributed by atoms with van der Waals surface area (Å²) in [5.74, 6) is 1.59. The minimum atomic E-state index is 0.262. The van der Waals surface area contributed by atoms with Crippen molar-refractivity contribution < 1.29 is 4.74 Å². The van der Waals surface area contributed by atoms with E-state index in [9.17, 15) is 0 Å². The molecule has 2 heterocycles. The molecule has 0 aromatic heterocycles. The number of likely N-dealkylation sites (tertiary alicyclic amines) is 1. The van der Waals surface area contributed by atoms with E-state index in [0.29, 0.717) is 12.1 Å². The van der Waals surface area contributed by atoms with Gasteiger partial charge >= 0.3 is 0 Å². The highest BCUT2D eigenvalue weighted by atomic mass is 16.5. The lowest BCUT2D eigenvalue weighted by atomic mass is 9.91. The number of hydrogen-bond acceptors (Lipinski definition) is 4. The molecule has 1 saturated carbocycles. The second-order valence-electron chi connectivity index (χ2n) is 8.72. The maximum atomic E-state index is 5.70. The topological polar surface area (TPSA) is 36.5 Å². The van der Waals surface area contributed by atoms with Crippen molar-refractivity contribution in [1.29, 1.82) is 0 Å². The van der Waals surface area contributed by atoms with Crippen molar-refractivity contribution in [2.75, 3.05) is 39.4 Å². The van der Waals surface area contributed by atoms with Crippen LogP contribution in [0.15, 0.2) is 0 Å². The van der Waals surface area contributed by atoms with Crippen LogP contribution in [0.25, 0.3) is 0 Å². The zero-order valence-electron chi connectivity index (χ0n) is 15.4. The standard InChI is InChI=1S/C19H37N3O/c1-15-6-5-10-22(12-15)19(2,3)14-21-17-8-4-7-16(17)18-13-23-11-9-20-18/h15-18,20-21H,4-14H2,1-3H3. The van der Waals surface area contributed by atoms with Gasteiger partial charge in [0.25, 0.3) is 0 Å². The van der Waals surface area contributed by atoms with Gasteiger partial charge in [-0.3, -0.25) is 4.90 Å². The Balaban J connectivity index is 1.51. The van der Waals surface area contributed by atoms with Crippen LogP contribution in [0.5, 0.6) is 0 Å². The van der Waals surface area contributed by atoms with E-state index in [1.165, 1.54) is 45.2 Å². The summed E-state index contributed by atoms with van der Waals surface area (Å²) in [5, 5.41) is 7.63. The zero-order chi connectivity index (χ0) is 16.3. The summed E-state index contributed by atoms with van der Waals surface area (Å²) >= 11 is 0. The maximum absolute atomic E-state index is 5.70. The first-order valence-electron chi connectivity index (χ1n) is 9.86. The van der Waals surface area contributed by atoms with E-state index < -0.39 is 0 Å². The molecule has 4 atom stereocenters. The maximum Gasteiger partial charge on any atom is 0.0623 e. The van der Waals surface area contributed by atoms with E-state index in [2.05, 4.69) is 36.3 Å². The van der Waals surface area contributed by atoms with E-state index in [1.54, 1.807) is 0 Å². The highest BCUT2D eigenvalue weighted by Gasteiger charge is 2.36. The van der Waals surface area contributed by atoms with Gasteiger partial charge in [-0.2, -0.15) is 0 Å². The fraction of sp³-hybridized carbons (Fsp3) is 1.00. The van der Waals surface area contributed by atoms with Crippen LogP contribution in [0.3, 0.4) is 0 Å². The molecular formula is C19H37N3O. The minimum absolute atomic E-state index is 0.262. The lowest BCUT2D eigenvalue weighted by Crippen LogP contribution is -2.57. The molecule has 4 heteroatoms.